The second-order valence-corrected chi connectivity index (χ2v) is 7.13. The quantitative estimate of drug-likeness (QED) is 0.750. The smallest absolute Gasteiger partial charge is 0.231 e. The van der Waals surface area contributed by atoms with Crippen LogP contribution in [0.1, 0.15) is 5.56 Å². The summed E-state index contributed by atoms with van der Waals surface area (Å²) in [5, 5.41) is 10.3. The highest BCUT2D eigenvalue weighted by Crippen LogP contribution is 2.32. The van der Waals surface area contributed by atoms with E-state index in [1.807, 2.05) is 24.3 Å². The normalized spacial score (nSPS) is 17.9. The summed E-state index contributed by atoms with van der Waals surface area (Å²) in [5.74, 6) is 1.54. The van der Waals surface area contributed by atoms with Crippen molar-refractivity contribution in [2.75, 3.05) is 51.0 Å². The highest BCUT2D eigenvalue weighted by Gasteiger charge is 2.22. The van der Waals surface area contributed by atoms with E-state index in [1.165, 1.54) is 10.6 Å². The zero-order valence-corrected chi connectivity index (χ0v) is 15.5. The molecule has 1 saturated heterocycles. The van der Waals surface area contributed by atoms with E-state index in [0.29, 0.717) is 13.2 Å². The summed E-state index contributed by atoms with van der Waals surface area (Å²) in [5.41, 5.74) is 2.31. The van der Waals surface area contributed by atoms with Gasteiger partial charge in [0.25, 0.3) is 0 Å². The number of anilines is 1. The monoisotopic (exact) mass is 371 g/mol. The van der Waals surface area contributed by atoms with Crippen LogP contribution in [-0.2, 0) is 11.3 Å². The maximum Gasteiger partial charge on any atom is 0.231 e. The van der Waals surface area contributed by atoms with Crippen molar-refractivity contribution < 1.29 is 24.2 Å². The molecule has 2 heterocycles. The molecule has 0 aliphatic carbocycles. The number of ether oxygens (including phenoxy) is 3. The van der Waals surface area contributed by atoms with Crippen LogP contribution in [-0.4, -0.2) is 57.3 Å². The van der Waals surface area contributed by atoms with Gasteiger partial charge in [-0.3, -0.25) is 0 Å². The van der Waals surface area contributed by atoms with Gasteiger partial charge in [0.2, 0.25) is 6.79 Å². The molecule has 0 radical (unpaired) electrons. The summed E-state index contributed by atoms with van der Waals surface area (Å²) >= 11 is 0. The highest BCUT2D eigenvalue weighted by atomic mass is 16.7. The van der Waals surface area contributed by atoms with E-state index in [4.69, 9.17) is 14.2 Å². The third-order valence-corrected chi connectivity index (χ3v) is 5.13. The lowest BCUT2D eigenvalue weighted by atomic mass is 10.2. The molecular formula is C21H27N2O4+. The van der Waals surface area contributed by atoms with Crippen LogP contribution in [0.3, 0.4) is 0 Å². The van der Waals surface area contributed by atoms with Crippen LogP contribution < -0.4 is 19.3 Å². The first-order chi connectivity index (χ1) is 13.3. The Morgan fingerprint density at radius 1 is 1.04 bits per heavy atom. The second-order valence-electron chi connectivity index (χ2n) is 7.13. The summed E-state index contributed by atoms with van der Waals surface area (Å²) in [7, 11) is 0. The number of fused-ring (bicyclic) bond motifs is 1. The van der Waals surface area contributed by atoms with Crippen molar-refractivity contribution in [3.05, 3.63) is 54.1 Å². The molecule has 2 aliphatic rings. The summed E-state index contributed by atoms with van der Waals surface area (Å²) < 4.78 is 16.4. The number of hydrogen-bond acceptors (Lipinski definition) is 5. The van der Waals surface area contributed by atoms with E-state index in [2.05, 4.69) is 29.2 Å². The van der Waals surface area contributed by atoms with Gasteiger partial charge in [-0.1, -0.05) is 24.3 Å². The van der Waals surface area contributed by atoms with Crippen molar-refractivity contribution in [1.82, 2.24) is 0 Å². The molecule has 1 unspecified atom stereocenters. The largest absolute Gasteiger partial charge is 0.454 e. The maximum atomic E-state index is 10.3. The SMILES string of the molecule is OC(COCc1ccc2c(c1)OCO2)C[NH+]1CCN(c2ccccc2)CC1. The Kier molecular flexibility index (Phi) is 5.77. The maximum absolute atomic E-state index is 10.3. The first-order valence-corrected chi connectivity index (χ1v) is 9.56. The Morgan fingerprint density at radius 3 is 2.63 bits per heavy atom. The zero-order chi connectivity index (χ0) is 18.5. The van der Waals surface area contributed by atoms with Gasteiger partial charge in [0.15, 0.2) is 11.5 Å². The van der Waals surface area contributed by atoms with Crippen LogP contribution in [0, 0.1) is 0 Å². The van der Waals surface area contributed by atoms with Crippen LogP contribution in [0.5, 0.6) is 11.5 Å². The molecule has 2 aliphatic heterocycles. The highest BCUT2D eigenvalue weighted by molar-refractivity contribution is 5.46. The minimum Gasteiger partial charge on any atom is -0.454 e. The molecule has 1 atom stereocenters. The summed E-state index contributed by atoms with van der Waals surface area (Å²) in [6.07, 6.45) is -0.447. The summed E-state index contributed by atoms with van der Waals surface area (Å²) in [6.45, 7) is 5.92. The lowest BCUT2D eigenvalue weighted by Crippen LogP contribution is -3.16. The molecule has 0 aromatic heterocycles. The molecule has 2 N–H and O–H groups in total. The van der Waals surface area contributed by atoms with Gasteiger partial charge in [0, 0.05) is 5.69 Å². The predicted molar refractivity (Wildman–Crippen MR) is 102 cm³/mol. The van der Waals surface area contributed by atoms with Crippen LogP contribution in [0.15, 0.2) is 48.5 Å². The zero-order valence-electron chi connectivity index (χ0n) is 15.5. The lowest BCUT2D eigenvalue weighted by Gasteiger charge is -2.34. The Balaban J connectivity index is 1.16. The van der Waals surface area contributed by atoms with Crippen molar-refractivity contribution in [1.29, 1.82) is 0 Å². The van der Waals surface area contributed by atoms with Crippen LogP contribution in [0.2, 0.25) is 0 Å². The molecule has 0 spiro atoms. The number of nitrogens with zero attached hydrogens (tertiary/aromatic N) is 1. The Morgan fingerprint density at radius 2 is 1.81 bits per heavy atom. The molecule has 0 amide bonds. The number of aliphatic hydroxyl groups excluding tert-OH is 1. The molecular weight excluding hydrogens is 344 g/mol. The molecule has 0 saturated carbocycles. The van der Waals surface area contributed by atoms with E-state index >= 15 is 0 Å². The van der Waals surface area contributed by atoms with E-state index < -0.39 is 6.10 Å². The standard InChI is InChI=1S/C21H26N2O4/c24-19(15-25-14-17-6-7-20-21(12-17)27-16-26-20)13-22-8-10-23(11-9-22)18-4-2-1-3-5-18/h1-7,12,19,24H,8-11,13-16H2/p+1. The molecule has 0 bridgehead atoms. The van der Waals surface area contributed by atoms with Crippen molar-refractivity contribution >= 4 is 5.69 Å². The minimum atomic E-state index is -0.447. The van der Waals surface area contributed by atoms with E-state index in [-0.39, 0.29) is 6.79 Å². The third-order valence-electron chi connectivity index (χ3n) is 5.13. The van der Waals surface area contributed by atoms with Crippen molar-refractivity contribution in [2.24, 2.45) is 0 Å². The number of rotatable bonds is 7. The van der Waals surface area contributed by atoms with Gasteiger partial charge in [-0.2, -0.15) is 0 Å². The van der Waals surface area contributed by atoms with Gasteiger partial charge in [-0.05, 0) is 29.8 Å². The summed E-state index contributed by atoms with van der Waals surface area (Å²) in [6, 6.07) is 16.3. The van der Waals surface area contributed by atoms with E-state index in [0.717, 1.165) is 49.8 Å². The molecule has 6 heteroatoms. The fourth-order valence-electron chi connectivity index (χ4n) is 3.66. The average molecular weight is 371 g/mol. The number of aliphatic hydroxyl groups is 1. The molecule has 27 heavy (non-hydrogen) atoms. The Bertz CT molecular complexity index is 732. The molecule has 144 valence electrons. The van der Waals surface area contributed by atoms with Gasteiger partial charge in [-0.15, -0.1) is 0 Å². The number of benzene rings is 2. The van der Waals surface area contributed by atoms with Gasteiger partial charge in [0.05, 0.1) is 39.4 Å². The fraction of sp³-hybridized carbons (Fsp3) is 0.429. The van der Waals surface area contributed by atoms with Gasteiger partial charge >= 0.3 is 0 Å². The van der Waals surface area contributed by atoms with Crippen LogP contribution in [0.25, 0.3) is 0 Å². The Labute approximate surface area is 159 Å². The number of hydrogen-bond donors (Lipinski definition) is 2. The van der Waals surface area contributed by atoms with Crippen LogP contribution >= 0.6 is 0 Å². The number of nitrogens with one attached hydrogen (secondary N) is 1. The van der Waals surface area contributed by atoms with Crippen molar-refractivity contribution in [3.63, 3.8) is 0 Å². The molecule has 4 rings (SSSR count). The summed E-state index contributed by atoms with van der Waals surface area (Å²) in [4.78, 5) is 3.84. The molecule has 2 aromatic rings. The lowest BCUT2D eigenvalue weighted by molar-refractivity contribution is -0.903. The minimum absolute atomic E-state index is 0.276. The van der Waals surface area contributed by atoms with Crippen molar-refractivity contribution in [3.8, 4) is 11.5 Å². The number of quaternary nitrogens is 1. The average Bonchev–Trinajstić information content (AvgIpc) is 3.17. The molecule has 6 nitrogen and oxygen atoms in total. The first kappa shape index (κ1) is 18.1. The van der Waals surface area contributed by atoms with Gasteiger partial charge in [-0.25, -0.2) is 0 Å². The first-order valence-electron chi connectivity index (χ1n) is 9.56. The fourth-order valence-corrected chi connectivity index (χ4v) is 3.66. The van der Waals surface area contributed by atoms with Crippen molar-refractivity contribution in [2.45, 2.75) is 12.7 Å². The number of para-hydroxylation sites is 1. The predicted octanol–water partition coefficient (Wildman–Crippen LogP) is 0.698. The van der Waals surface area contributed by atoms with Crippen LogP contribution in [0.4, 0.5) is 5.69 Å². The second kappa shape index (κ2) is 8.61. The van der Waals surface area contributed by atoms with E-state index in [1.54, 1.807) is 0 Å². The topological polar surface area (TPSA) is 55.6 Å². The molecule has 2 aromatic carbocycles. The van der Waals surface area contributed by atoms with Gasteiger partial charge in [0.1, 0.15) is 12.6 Å². The Hall–Kier alpha value is -2.28. The van der Waals surface area contributed by atoms with E-state index in [9.17, 15) is 5.11 Å². The third kappa shape index (κ3) is 4.71. The molecule has 1 fully saturated rings. The van der Waals surface area contributed by atoms with Gasteiger partial charge < -0.3 is 29.1 Å². The number of piperazine rings is 1.